The Kier molecular flexibility index (Phi) is 5.70. The number of nitro groups is 1. The molecular weight excluding hydrogens is 372 g/mol. The van der Waals surface area contributed by atoms with E-state index in [0.717, 1.165) is 4.57 Å². The number of nitrogens with one attached hydrogen (secondary N) is 1. The molecule has 3 rings (SSSR count). The number of hydrogen-bond acceptors (Lipinski definition) is 9. The van der Waals surface area contributed by atoms with Gasteiger partial charge in [-0.15, -0.1) is 0 Å². The standard InChI is InChI=1S/C17H20N4O7/c1-9(10-4-2-3-5-11(10)21(26)27)18-13-6-7-20(17(25)19-13)16-15(24)14(23)12(8-22)28-16/h2-7,9,12,14-16,22-24H,8H2,1H3,(H,18,19,25)/t9?,12-,14?,15+,16-/m1/s1. The van der Waals surface area contributed by atoms with Crippen LogP contribution in [0.25, 0.3) is 0 Å². The van der Waals surface area contributed by atoms with Gasteiger partial charge in [0, 0.05) is 12.3 Å². The Morgan fingerprint density at radius 3 is 2.64 bits per heavy atom. The summed E-state index contributed by atoms with van der Waals surface area (Å²) in [6, 6.07) is 7.18. The predicted molar refractivity (Wildman–Crippen MR) is 96.6 cm³/mol. The van der Waals surface area contributed by atoms with Crippen molar-refractivity contribution in [3.05, 3.63) is 62.7 Å². The van der Waals surface area contributed by atoms with Crippen LogP contribution in [0.2, 0.25) is 0 Å². The van der Waals surface area contributed by atoms with Crippen molar-refractivity contribution in [2.75, 3.05) is 11.9 Å². The van der Waals surface area contributed by atoms with Gasteiger partial charge in [-0.3, -0.25) is 14.7 Å². The highest BCUT2D eigenvalue weighted by Crippen LogP contribution is 2.29. The molecule has 4 N–H and O–H groups in total. The molecule has 0 saturated carbocycles. The van der Waals surface area contributed by atoms with Crippen LogP contribution in [-0.4, -0.2) is 54.7 Å². The lowest BCUT2D eigenvalue weighted by molar-refractivity contribution is -0.385. The molecular formula is C17H20N4O7. The number of para-hydroxylation sites is 1. The summed E-state index contributed by atoms with van der Waals surface area (Å²) in [5, 5.41) is 43.1. The molecule has 0 radical (unpaired) electrons. The Hall–Kier alpha value is -2.86. The van der Waals surface area contributed by atoms with Gasteiger partial charge >= 0.3 is 5.69 Å². The van der Waals surface area contributed by atoms with Gasteiger partial charge in [-0.1, -0.05) is 18.2 Å². The topological polar surface area (TPSA) is 160 Å². The maximum Gasteiger partial charge on any atom is 0.351 e. The Bertz CT molecular complexity index is 918. The summed E-state index contributed by atoms with van der Waals surface area (Å²) in [5.74, 6) is 0.179. The van der Waals surface area contributed by atoms with Gasteiger partial charge in [-0.2, -0.15) is 4.98 Å². The molecule has 2 unspecified atom stereocenters. The van der Waals surface area contributed by atoms with Gasteiger partial charge in [0.15, 0.2) is 6.23 Å². The van der Waals surface area contributed by atoms with E-state index in [4.69, 9.17) is 9.84 Å². The average Bonchev–Trinajstić information content (AvgIpc) is 2.96. The third-order valence-corrected chi connectivity index (χ3v) is 4.59. The number of benzene rings is 1. The van der Waals surface area contributed by atoms with Crippen LogP contribution in [0.4, 0.5) is 11.5 Å². The second-order valence-electron chi connectivity index (χ2n) is 6.41. The molecule has 11 heteroatoms. The molecule has 0 spiro atoms. The van der Waals surface area contributed by atoms with Crippen molar-refractivity contribution in [2.45, 2.75) is 37.5 Å². The van der Waals surface area contributed by atoms with Crippen LogP contribution in [0, 0.1) is 10.1 Å². The number of nitrogens with zero attached hydrogens (tertiary/aromatic N) is 3. The second kappa shape index (κ2) is 8.02. The Balaban J connectivity index is 1.80. The van der Waals surface area contributed by atoms with E-state index in [1.807, 2.05) is 0 Å². The largest absolute Gasteiger partial charge is 0.394 e. The third kappa shape index (κ3) is 3.73. The van der Waals surface area contributed by atoms with E-state index in [2.05, 4.69) is 10.3 Å². The zero-order chi connectivity index (χ0) is 20.4. The number of nitro benzene ring substituents is 1. The summed E-state index contributed by atoms with van der Waals surface area (Å²) < 4.78 is 6.32. The maximum absolute atomic E-state index is 12.3. The summed E-state index contributed by atoms with van der Waals surface area (Å²) in [7, 11) is 0. The summed E-state index contributed by atoms with van der Waals surface area (Å²) >= 11 is 0. The molecule has 2 aromatic rings. The number of hydrogen-bond donors (Lipinski definition) is 4. The van der Waals surface area contributed by atoms with Gasteiger partial charge in [-0.05, 0) is 13.0 Å². The molecule has 1 fully saturated rings. The van der Waals surface area contributed by atoms with Crippen molar-refractivity contribution in [1.82, 2.24) is 9.55 Å². The summed E-state index contributed by atoms with van der Waals surface area (Å²) in [6.45, 7) is 1.19. The quantitative estimate of drug-likeness (QED) is 0.390. The number of ether oxygens (including phenoxy) is 1. The molecule has 11 nitrogen and oxygen atoms in total. The van der Waals surface area contributed by atoms with Crippen molar-refractivity contribution in [3.63, 3.8) is 0 Å². The normalized spacial score (nSPS) is 25.4. The number of aliphatic hydroxyl groups excluding tert-OH is 3. The highest BCUT2D eigenvalue weighted by Gasteiger charge is 2.43. The molecule has 5 atom stereocenters. The Morgan fingerprint density at radius 1 is 1.32 bits per heavy atom. The van der Waals surface area contributed by atoms with Gasteiger partial charge in [0.1, 0.15) is 24.1 Å². The van der Waals surface area contributed by atoms with Crippen LogP contribution in [0.1, 0.15) is 24.8 Å². The Morgan fingerprint density at radius 2 is 2.04 bits per heavy atom. The Labute approximate surface area is 159 Å². The molecule has 1 aromatic heterocycles. The number of aliphatic hydroxyl groups is 3. The molecule has 0 bridgehead atoms. The minimum atomic E-state index is -1.40. The van der Waals surface area contributed by atoms with E-state index in [-0.39, 0.29) is 11.5 Å². The van der Waals surface area contributed by atoms with Crippen molar-refractivity contribution >= 4 is 11.5 Å². The zero-order valence-corrected chi connectivity index (χ0v) is 14.9. The van der Waals surface area contributed by atoms with Gasteiger partial charge in [0.05, 0.1) is 23.1 Å². The molecule has 0 amide bonds. The predicted octanol–water partition coefficient (Wildman–Crippen LogP) is -0.0639. The SMILES string of the molecule is CC(Nc1ccn([C@@H]2O[C@H](CO)C(O)[C@@H]2O)c(=O)n1)c1ccccc1[N+](=O)[O-]. The van der Waals surface area contributed by atoms with E-state index < -0.39 is 47.8 Å². The lowest BCUT2D eigenvalue weighted by Crippen LogP contribution is -2.36. The summed E-state index contributed by atoms with van der Waals surface area (Å²) in [6.07, 6.45) is -3.61. The first-order valence-electron chi connectivity index (χ1n) is 8.55. The lowest BCUT2D eigenvalue weighted by Gasteiger charge is -2.19. The lowest BCUT2D eigenvalue weighted by atomic mass is 10.1. The molecule has 2 heterocycles. The van der Waals surface area contributed by atoms with Crippen LogP contribution in [0.15, 0.2) is 41.3 Å². The molecule has 1 aromatic carbocycles. The van der Waals surface area contributed by atoms with E-state index in [1.54, 1.807) is 25.1 Å². The molecule has 1 aliphatic heterocycles. The van der Waals surface area contributed by atoms with Crippen molar-refractivity contribution in [3.8, 4) is 0 Å². The molecule has 0 aliphatic carbocycles. The molecule has 1 saturated heterocycles. The highest BCUT2D eigenvalue weighted by atomic mass is 16.6. The number of rotatable bonds is 6. The molecule has 28 heavy (non-hydrogen) atoms. The fourth-order valence-electron chi connectivity index (χ4n) is 3.12. The van der Waals surface area contributed by atoms with E-state index in [1.165, 1.54) is 18.3 Å². The van der Waals surface area contributed by atoms with Crippen LogP contribution >= 0.6 is 0 Å². The van der Waals surface area contributed by atoms with Gasteiger partial charge in [0.25, 0.3) is 5.69 Å². The third-order valence-electron chi connectivity index (χ3n) is 4.59. The van der Waals surface area contributed by atoms with E-state index in [9.17, 15) is 25.1 Å². The first kappa shape index (κ1) is 19.9. The average molecular weight is 392 g/mol. The van der Waals surface area contributed by atoms with Crippen molar-refractivity contribution < 1.29 is 25.0 Å². The van der Waals surface area contributed by atoms with Crippen molar-refractivity contribution in [1.29, 1.82) is 0 Å². The summed E-state index contributed by atoms with van der Waals surface area (Å²) in [4.78, 5) is 26.9. The second-order valence-corrected chi connectivity index (χ2v) is 6.41. The van der Waals surface area contributed by atoms with E-state index >= 15 is 0 Å². The minimum Gasteiger partial charge on any atom is -0.394 e. The van der Waals surface area contributed by atoms with Crippen LogP contribution in [-0.2, 0) is 4.74 Å². The van der Waals surface area contributed by atoms with Crippen LogP contribution in [0.3, 0.4) is 0 Å². The fraction of sp³-hybridized carbons (Fsp3) is 0.412. The minimum absolute atomic E-state index is 0.0534. The molecule has 150 valence electrons. The first-order chi connectivity index (χ1) is 13.3. The van der Waals surface area contributed by atoms with Crippen LogP contribution < -0.4 is 11.0 Å². The van der Waals surface area contributed by atoms with E-state index in [0.29, 0.717) is 5.56 Å². The van der Waals surface area contributed by atoms with Gasteiger partial charge in [-0.25, -0.2) is 4.79 Å². The monoisotopic (exact) mass is 392 g/mol. The fourth-order valence-corrected chi connectivity index (χ4v) is 3.12. The van der Waals surface area contributed by atoms with Gasteiger partial charge in [0.2, 0.25) is 0 Å². The summed E-state index contributed by atoms with van der Waals surface area (Å²) in [5.41, 5.74) is -0.376. The maximum atomic E-state index is 12.3. The number of aromatic nitrogens is 2. The van der Waals surface area contributed by atoms with Crippen molar-refractivity contribution in [2.24, 2.45) is 0 Å². The zero-order valence-electron chi connectivity index (χ0n) is 14.9. The molecule has 1 aliphatic rings. The first-order valence-corrected chi connectivity index (χ1v) is 8.55. The highest BCUT2D eigenvalue weighted by molar-refractivity contribution is 5.46. The van der Waals surface area contributed by atoms with Gasteiger partial charge < -0.3 is 25.4 Å². The van der Waals surface area contributed by atoms with Crippen LogP contribution in [0.5, 0.6) is 0 Å². The number of anilines is 1. The smallest absolute Gasteiger partial charge is 0.351 e.